The predicted molar refractivity (Wildman–Crippen MR) is 125 cm³/mol. The van der Waals surface area contributed by atoms with E-state index in [0.29, 0.717) is 6.42 Å². The number of ether oxygens (including phenoxy) is 3. The van der Waals surface area contributed by atoms with E-state index in [4.69, 9.17) is 19.9 Å². The molecular weight excluding hydrogens is 448 g/mol. The largest absolute Gasteiger partial charge is 0.491 e. The van der Waals surface area contributed by atoms with Crippen LogP contribution in [0.5, 0.6) is 5.75 Å². The minimum atomic E-state index is -0.848. The third-order valence-electron chi connectivity index (χ3n) is 3.98. The van der Waals surface area contributed by atoms with Gasteiger partial charge in [0.05, 0.1) is 18.1 Å². The Labute approximate surface area is 197 Å². The number of nitro groups is 1. The molecule has 0 atom stereocenters. The smallest absolute Gasteiger partial charge is 0.407 e. The molecule has 0 aliphatic rings. The number of hydrogen-bond donors (Lipinski definition) is 3. The molecule has 0 radical (unpaired) electrons. The van der Waals surface area contributed by atoms with Crippen molar-refractivity contribution in [1.29, 1.82) is 0 Å². The summed E-state index contributed by atoms with van der Waals surface area (Å²) in [6.45, 7) is 7.62. The zero-order valence-corrected chi connectivity index (χ0v) is 19.8. The van der Waals surface area contributed by atoms with E-state index in [1.54, 1.807) is 39.8 Å². The van der Waals surface area contributed by atoms with Crippen molar-refractivity contribution in [1.82, 2.24) is 5.32 Å². The monoisotopic (exact) mass is 480 g/mol. The quantitative estimate of drug-likeness (QED) is 0.126. The number of carbonyl (C=O) groups is 3. The third-order valence-corrected chi connectivity index (χ3v) is 3.98. The van der Waals surface area contributed by atoms with Crippen LogP contribution in [0.2, 0.25) is 0 Å². The number of nitrogens with one attached hydrogen (secondary N) is 2. The summed E-state index contributed by atoms with van der Waals surface area (Å²) >= 11 is 0. The van der Waals surface area contributed by atoms with Gasteiger partial charge >= 0.3 is 12.1 Å². The number of esters is 1. The highest BCUT2D eigenvalue weighted by molar-refractivity contribution is 5.95. The molecule has 1 rings (SSSR count). The Morgan fingerprint density at radius 3 is 2.44 bits per heavy atom. The van der Waals surface area contributed by atoms with Gasteiger partial charge in [0.2, 0.25) is 5.91 Å². The summed E-state index contributed by atoms with van der Waals surface area (Å²) in [4.78, 5) is 45.6. The van der Waals surface area contributed by atoms with Gasteiger partial charge < -0.3 is 30.6 Å². The van der Waals surface area contributed by atoms with E-state index < -0.39 is 28.2 Å². The molecular formula is C22H32N4O8. The van der Waals surface area contributed by atoms with Gasteiger partial charge in [-0.3, -0.25) is 19.7 Å². The van der Waals surface area contributed by atoms with E-state index in [0.717, 1.165) is 6.07 Å². The van der Waals surface area contributed by atoms with Crippen LogP contribution in [0.15, 0.2) is 24.3 Å². The van der Waals surface area contributed by atoms with Crippen molar-refractivity contribution in [2.24, 2.45) is 5.73 Å². The lowest BCUT2D eigenvalue weighted by atomic mass is 10.1. The van der Waals surface area contributed by atoms with Crippen LogP contribution in [0.1, 0.15) is 50.9 Å². The van der Waals surface area contributed by atoms with E-state index in [1.165, 1.54) is 6.07 Å². The van der Waals surface area contributed by atoms with Crippen molar-refractivity contribution in [2.75, 3.05) is 31.6 Å². The van der Waals surface area contributed by atoms with Gasteiger partial charge in [-0.1, -0.05) is 12.2 Å². The Balaban J connectivity index is 2.85. The molecule has 0 fully saturated rings. The fraction of sp³-hybridized carbons (Fsp3) is 0.500. The molecule has 1 aromatic carbocycles. The average molecular weight is 481 g/mol. The lowest BCUT2D eigenvalue weighted by Gasteiger charge is -2.19. The topological polar surface area (TPSA) is 172 Å². The number of anilines is 1. The Morgan fingerprint density at radius 2 is 1.85 bits per heavy atom. The number of nitrogens with zero attached hydrogens (tertiary/aromatic N) is 1. The Morgan fingerprint density at radius 1 is 1.18 bits per heavy atom. The SMILES string of the molecule is CCOC(=O)CCCOc1cc(C(N)=O)cc([N+](=O)[O-])c1NC/C=C/CNC(=O)OC(C)(C)C. The molecule has 12 nitrogen and oxygen atoms in total. The van der Waals surface area contributed by atoms with E-state index in [1.807, 2.05) is 0 Å². The van der Waals surface area contributed by atoms with E-state index in [2.05, 4.69) is 10.6 Å². The molecule has 0 aromatic heterocycles. The predicted octanol–water partition coefficient (Wildman–Crippen LogP) is 2.91. The van der Waals surface area contributed by atoms with Crippen LogP contribution >= 0.6 is 0 Å². The normalized spacial score (nSPS) is 11.1. The summed E-state index contributed by atoms with van der Waals surface area (Å²) in [6.07, 6.45) is 3.14. The van der Waals surface area contributed by atoms with Gasteiger partial charge in [0.1, 0.15) is 11.4 Å². The van der Waals surface area contributed by atoms with E-state index in [9.17, 15) is 24.5 Å². The minimum Gasteiger partial charge on any atom is -0.491 e. The molecule has 0 heterocycles. The zero-order valence-electron chi connectivity index (χ0n) is 19.8. The van der Waals surface area contributed by atoms with Gasteiger partial charge in [0.25, 0.3) is 5.69 Å². The molecule has 0 unspecified atom stereocenters. The number of primary amides is 1. The molecule has 34 heavy (non-hydrogen) atoms. The van der Waals surface area contributed by atoms with E-state index >= 15 is 0 Å². The molecule has 0 spiro atoms. The highest BCUT2D eigenvalue weighted by Crippen LogP contribution is 2.36. The Kier molecular flexibility index (Phi) is 11.3. The van der Waals surface area contributed by atoms with Crippen LogP contribution in [-0.4, -0.2) is 54.8 Å². The van der Waals surface area contributed by atoms with Crippen LogP contribution in [0.4, 0.5) is 16.2 Å². The molecule has 0 saturated heterocycles. The molecule has 188 valence electrons. The number of nitro benzene ring substituents is 1. The fourth-order valence-corrected chi connectivity index (χ4v) is 2.59. The number of carbonyl (C=O) groups excluding carboxylic acids is 3. The highest BCUT2D eigenvalue weighted by atomic mass is 16.6. The van der Waals surface area contributed by atoms with Crippen LogP contribution in [0.3, 0.4) is 0 Å². The highest BCUT2D eigenvalue weighted by Gasteiger charge is 2.22. The van der Waals surface area contributed by atoms with Crippen LogP contribution in [0, 0.1) is 10.1 Å². The number of benzene rings is 1. The average Bonchev–Trinajstić information content (AvgIpc) is 2.72. The second-order valence-electron chi connectivity index (χ2n) is 7.98. The molecule has 0 saturated carbocycles. The number of rotatable bonds is 13. The summed E-state index contributed by atoms with van der Waals surface area (Å²) in [5.74, 6) is -1.18. The first-order valence-electron chi connectivity index (χ1n) is 10.7. The summed E-state index contributed by atoms with van der Waals surface area (Å²) in [5.41, 5.74) is 4.25. The number of hydrogen-bond acceptors (Lipinski definition) is 9. The maximum atomic E-state index is 11.6. The Bertz CT molecular complexity index is 909. The standard InChI is InChI=1S/C22H32N4O8/c1-5-32-18(27)9-8-12-33-17-14-15(20(23)28)13-16(26(30)31)19(17)24-10-6-7-11-25-21(29)34-22(2,3)4/h6-7,13-14,24H,5,8-12H2,1-4H3,(H2,23,28)(H,25,29)/b7-6+. The van der Waals surface area contributed by atoms with Crippen molar-refractivity contribution < 1.29 is 33.5 Å². The van der Waals surface area contributed by atoms with Crippen LogP contribution in [-0.2, 0) is 14.3 Å². The third kappa shape index (κ3) is 10.7. The van der Waals surface area contributed by atoms with Crippen LogP contribution in [0.25, 0.3) is 0 Å². The maximum absolute atomic E-state index is 11.6. The molecule has 0 bridgehead atoms. The maximum Gasteiger partial charge on any atom is 0.407 e. The lowest BCUT2D eigenvalue weighted by Crippen LogP contribution is -2.32. The van der Waals surface area contributed by atoms with Crippen molar-refractivity contribution in [3.8, 4) is 5.75 Å². The van der Waals surface area contributed by atoms with Gasteiger partial charge in [-0.05, 0) is 40.2 Å². The first-order valence-corrected chi connectivity index (χ1v) is 10.7. The number of nitrogens with two attached hydrogens (primary N) is 1. The summed E-state index contributed by atoms with van der Waals surface area (Å²) < 4.78 is 15.6. The minimum absolute atomic E-state index is 0.0483. The zero-order chi connectivity index (χ0) is 25.7. The molecule has 0 aliphatic heterocycles. The van der Waals surface area contributed by atoms with Crippen molar-refractivity contribution in [3.05, 3.63) is 40.0 Å². The van der Waals surface area contributed by atoms with Crippen molar-refractivity contribution >= 4 is 29.3 Å². The first-order chi connectivity index (χ1) is 15.9. The van der Waals surface area contributed by atoms with Gasteiger partial charge in [0, 0.05) is 31.1 Å². The van der Waals surface area contributed by atoms with Crippen molar-refractivity contribution in [3.63, 3.8) is 0 Å². The molecule has 1 aromatic rings. The van der Waals surface area contributed by atoms with Crippen molar-refractivity contribution in [2.45, 2.75) is 46.1 Å². The summed E-state index contributed by atoms with van der Waals surface area (Å²) in [7, 11) is 0. The Hall–Kier alpha value is -3.83. The van der Waals surface area contributed by atoms with Gasteiger partial charge in [-0.15, -0.1) is 0 Å². The first kappa shape index (κ1) is 28.2. The number of amides is 2. The molecule has 2 amide bonds. The van der Waals surface area contributed by atoms with Gasteiger partial charge in [0.15, 0.2) is 5.69 Å². The fourth-order valence-electron chi connectivity index (χ4n) is 2.59. The van der Waals surface area contributed by atoms with Crippen LogP contribution < -0.4 is 21.1 Å². The second kappa shape index (κ2) is 13.7. The molecule has 12 heteroatoms. The van der Waals surface area contributed by atoms with Gasteiger partial charge in [-0.25, -0.2) is 4.79 Å². The number of alkyl carbamates (subject to hydrolysis) is 1. The second-order valence-corrected chi connectivity index (χ2v) is 7.98. The summed E-state index contributed by atoms with van der Waals surface area (Å²) in [6, 6.07) is 2.36. The van der Waals surface area contributed by atoms with E-state index in [-0.39, 0.29) is 55.7 Å². The summed E-state index contributed by atoms with van der Waals surface area (Å²) in [5, 5.41) is 17.0. The molecule has 0 aliphatic carbocycles. The lowest BCUT2D eigenvalue weighted by molar-refractivity contribution is -0.384. The van der Waals surface area contributed by atoms with Gasteiger partial charge in [-0.2, -0.15) is 0 Å². The molecule has 4 N–H and O–H groups in total.